The summed E-state index contributed by atoms with van der Waals surface area (Å²) >= 11 is 7.58. The Balaban J connectivity index is 1.65. The molecule has 0 bridgehead atoms. The minimum absolute atomic E-state index is 0.244. The first kappa shape index (κ1) is 16.6. The number of aryl methyl sites for hydroxylation is 1. The molecule has 4 rings (SSSR count). The van der Waals surface area contributed by atoms with Gasteiger partial charge < -0.3 is 10.4 Å². The molecule has 6 nitrogen and oxygen atoms in total. The first-order valence-electron chi connectivity index (χ1n) is 7.72. The molecule has 0 saturated carbocycles. The van der Waals surface area contributed by atoms with Crippen LogP contribution in [0.2, 0.25) is 5.02 Å². The minimum atomic E-state index is -0.949. The molecule has 0 aliphatic heterocycles. The predicted molar refractivity (Wildman–Crippen MR) is 103 cm³/mol. The molecule has 0 spiro atoms. The van der Waals surface area contributed by atoms with Crippen molar-refractivity contribution in [3.8, 4) is 11.4 Å². The van der Waals surface area contributed by atoms with E-state index in [1.807, 2.05) is 35.0 Å². The molecule has 0 radical (unpaired) electrons. The third kappa shape index (κ3) is 3.02. The molecule has 0 atom stereocenters. The first-order chi connectivity index (χ1) is 12.5. The van der Waals surface area contributed by atoms with Crippen LogP contribution in [-0.4, -0.2) is 25.4 Å². The van der Waals surface area contributed by atoms with E-state index in [1.165, 1.54) is 11.3 Å². The van der Waals surface area contributed by atoms with Gasteiger partial charge in [-0.25, -0.2) is 14.8 Å². The standard InChI is InChI=1S/C18H13ClN4O2S/c1-10-16(23-8-12(19)4-7-15(23)20-10)14-9-26-18(22-14)21-13-5-2-11(3-6-13)17(24)25/h2-9H,1H3,(H,21,22)(H,24,25). The number of nitrogens with zero attached hydrogens (tertiary/aromatic N) is 3. The van der Waals surface area contributed by atoms with E-state index in [1.54, 1.807) is 24.3 Å². The van der Waals surface area contributed by atoms with E-state index in [0.717, 1.165) is 28.4 Å². The number of carboxylic acids is 1. The van der Waals surface area contributed by atoms with Gasteiger partial charge in [0.15, 0.2) is 5.13 Å². The number of fused-ring (bicyclic) bond motifs is 1. The van der Waals surface area contributed by atoms with Crippen molar-refractivity contribution in [3.05, 3.63) is 64.3 Å². The van der Waals surface area contributed by atoms with E-state index in [9.17, 15) is 4.79 Å². The summed E-state index contributed by atoms with van der Waals surface area (Å²) in [6, 6.07) is 10.2. The molecule has 26 heavy (non-hydrogen) atoms. The minimum Gasteiger partial charge on any atom is -0.478 e. The molecule has 4 aromatic rings. The monoisotopic (exact) mass is 384 g/mol. The summed E-state index contributed by atoms with van der Waals surface area (Å²) in [5.41, 5.74) is 4.39. The Morgan fingerprint density at radius 2 is 1.96 bits per heavy atom. The van der Waals surface area contributed by atoms with Crippen LogP contribution in [0.3, 0.4) is 0 Å². The Bertz CT molecular complexity index is 1120. The van der Waals surface area contributed by atoms with Gasteiger partial charge in [-0.05, 0) is 43.3 Å². The molecule has 3 heterocycles. The van der Waals surface area contributed by atoms with Gasteiger partial charge in [0.2, 0.25) is 0 Å². The smallest absolute Gasteiger partial charge is 0.335 e. The average Bonchev–Trinajstić information content (AvgIpc) is 3.18. The zero-order chi connectivity index (χ0) is 18.3. The van der Waals surface area contributed by atoms with E-state index in [-0.39, 0.29) is 5.56 Å². The van der Waals surface area contributed by atoms with E-state index in [0.29, 0.717) is 10.2 Å². The van der Waals surface area contributed by atoms with Gasteiger partial charge in [-0.2, -0.15) is 0 Å². The maximum absolute atomic E-state index is 10.9. The predicted octanol–water partition coefficient (Wildman–Crippen LogP) is 4.86. The number of pyridine rings is 1. The Morgan fingerprint density at radius 3 is 2.69 bits per heavy atom. The first-order valence-corrected chi connectivity index (χ1v) is 8.97. The van der Waals surface area contributed by atoms with Crippen LogP contribution in [0, 0.1) is 6.92 Å². The Kier molecular flexibility index (Phi) is 4.10. The number of imidazole rings is 1. The molecule has 1 aromatic carbocycles. The summed E-state index contributed by atoms with van der Waals surface area (Å²) < 4.78 is 1.93. The van der Waals surface area contributed by atoms with Crippen LogP contribution < -0.4 is 5.32 Å². The molecular weight excluding hydrogens is 372 g/mol. The molecule has 0 fully saturated rings. The van der Waals surface area contributed by atoms with E-state index < -0.39 is 5.97 Å². The van der Waals surface area contributed by atoms with Crippen LogP contribution in [0.25, 0.3) is 17.0 Å². The lowest BCUT2D eigenvalue weighted by Gasteiger charge is -2.03. The number of carboxylic acid groups (broad SMARTS) is 1. The fourth-order valence-corrected chi connectivity index (χ4v) is 3.58. The molecule has 130 valence electrons. The summed E-state index contributed by atoms with van der Waals surface area (Å²) in [6.45, 7) is 1.94. The molecule has 3 aromatic heterocycles. The fourth-order valence-electron chi connectivity index (χ4n) is 2.70. The van der Waals surface area contributed by atoms with Crippen molar-refractivity contribution in [2.75, 3.05) is 5.32 Å². The lowest BCUT2D eigenvalue weighted by Crippen LogP contribution is -1.96. The summed E-state index contributed by atoms with van der Waals surface area (Å²) in [4.78, 5) is 20.1. The normalized spacial score (nSPS) is 11.0. The molecule has 0 saturated heterocycles. The van der Waals surface area contributed by atoms with Gasteiger partial charge in [0.05, 0.1) is 22.0 Å². The molecule has 0 amide bonds. The highest BCUT2D eigenvalue weighted by atomic mass is 35.5. The van der Waals surface area contributed by atoms with Crippen LogP contribution in [0.4, 0.5) is 10.8 Å². The Labute approximate surface area is 157 Å². The second-order valence-corrected chi connectivity index (χ2v) is 6.96. The number of benzene rings is 1. The highest BCUT2D eigenvalue weighted by Crippen LogP contribution is 2.30. The largest absolute Gasteiger partial charge is 0.478 e. The molecule has 2 N–H and O–H groups in total. The van der Waals surface area contributed by atoms with E-state index >= 15 is 0 Å². The van der Waals surface area contributed by atoms with Gasteiger partial charge >= 0.3 is 5.97 Å². The van der Waals surface area contributed by atoms with Crippen LogP contribution in [0.5, 0.6) is 0 Å². The van der Waals surface area contributed by atoms with Gasteiger partial charge in [0, 0.05) is 17.3 Å². The number of hydrogen-bond acceptors (Lipinski definition) is 5. The topological polar surface area (TPSA) is 79.5 Å². The maximum Gasteiger partial charge on any atom is 0.335 e. The summed E-state index contributed by atoms with van der Waals surface area (Å²) in [5, 5.41) is 15.4. The number of thiazole rings is 1. The molecule has 0 aliphatic carbocycles. The molecule has 8 heteroatoms. The van der Waals surface area contributed by atoms with Gasteiger partial charge in [-0.1, -0.05) is 11.6 Å². The molecule has 0 aliphatic rings. The number of halogens is 1. The third-order valence-corrected chi connectivity index (χ3v) is 4.87. The highest BCUT2D eigenvalue weighted by molar-refractivity contribution is 7.14. The average molecular weight is 385 g/mol. The quantitative estimate of drug-likeness (QED) is 0.525. The third-order valence-electron chi connectivity index (χ3n) is 3.89. The van der Waals surface area contributed by atoms with Crippen molar-refractivity contribution in [1.82, 2.24) is 14.4 Å². The number of carbonyl (C=O) groups is 1. The second-order valence-electron chi connectivity index (χ2n) is 5.67. The van der Waals surface area contributed by atoms with E-state index in [2.05, 4.69) is 15.3 Å². The van der Waals surface area contributed by atoms with Crippen LogP contribution in [-0.2, 0) is 0 Å². The lowest BCUT2D eigenvalue weighted by molar-refractivity contribution is 0.0697. The lowest BCUT2D eigenvalue weighted by atomic mass is 10.2. The molecule has 0 unspecified atom stereocenters. The second kappa shape index (κ2) is 6.44. The number of nitrogens with one attached hydrogen (secondary N) is 1. The van der Waals surface area contributed by atoms with Gasteiger partial charge in [-0.3, -0.25) is 4.40 Å². The van der Waals surface area contributed by atoms with Crippen molar-refractivity contribution >= 4 is 45.4 Å². The molecular formula is C18H13ClN4O2S. The van der Waals surface area contributed by atoms with Crippen molar-refractivity contribution in [2.24, 2.45) is 0 Å². The van der Waals surface area contributed by atoms with Crippen molar-refractivity contribution < 1.29 is 9.90 Å². The van der Waals surface area contributed by atoms with Crippen molar-refractivity contribution in [2.45, 2.75) is 6.92 Å². The summed E-state index contributed by atoms with van der Waals surface area (Å²) in [7, 11) is 0. The van der Waals surface area contributed by atoms with E-state index in [4.69, 9.17) is 16.7 Å². The summed E-state index contributed by atoms with van der Waals surface area (Å²) in [6.07, 6.45) is 1.82. The van der Waals surface area contributed by atoms with Crippen LogP contribution >= 0.6 is 22.9 Å². The summed E-state index contributed by atoms with van der Waals surface area (Å²) in [5.74, 6) is -0.949. The van der Waals surface area contributed by atoms with Crippen LogP contribution in [0.1, 0.15) is 16.1 Å². The zero-order valence-electron chi connectivity index (χ0n) is 13.6. The van der Waals surface area contributed by atoms with Crippen molar-refractivity contribution in [3.63, 3.8) is 0 Å². The maximum atomic E-state index is 10.9. The SMILES string of the molecule is Cc1nc2ccc(Cl)cn2c1-c1csc(Nc2ccc(C(=O)O)cc2)n1. The fraction of sp³-hybridized carbons (Fsp3) is 0.0556. The van der Waals surface area contributed by atoms with Gasteiger partial charge in [0.25, 0.3) is 0 Å². The number of anilines is 2. The zero-order valence-corrected chi connectivity index (χ0v) is 15.2. The Hall–Kier alpha value is -2.90. The Morgan fingerprint density at radius 1 is 1.19 bits per heavy atom. The van der Waals surface area contributed by atoms with Gasteiger partial charge in [-0.15, -0.1) is 11.3 Å². The van der Waals surface area contributed by atoms with Crippen LogP contribution in [0.15, 0.2) is 48.0 Å². The van der Waals surface area contributed by atoms with Crippen molar-refractivity contribution in [1.29, 1.82) is 0 Å². The van der Waals surface area contributed by atoms with Gasteiger partial charge in [0.1, 0.15) is 11.3 Å². The number of aromatic nitrogens is 3. The number of aromatic carboxylic acids is 1. The number of hydrogen-bond donors (Lipinski definition) is 2. The number of rotatable bonds is 4. The highest BCUT2D eigenvalue weighted by Gasteiger charge is 2.14.